The summed E-state index contributed by atoms with van der Waals surface area (Å²) in [7, 11) is 4.95. The Morgan fingerprint density at radius 1 is 1.09 bits per heavy atom. The minimum Gasteiger partial charge on any atom is -0.497 e. The van der Waals surface area contributed by atoms with Gasteiger partial charge in [0.15, 0.2) is 11.4 Å². The van der Waals surface area contributed by atoms with Crippen LogP contribution >= 0.6 is 0 Å². The number of ether oxygens (including phenoxy) is 2. The Balaban J connectivity index is 1.70. The first-order valence-corrected chi connectivity index (χ1v) is 11.9. The molecule has 1 aliphatic rings. The highest BCUT2D eigenvalue weighted by atomic mass is 16.5. The second-order valence-electron chi connectivity index (χ2n) is 8.92. The van der Waals surface area contributed by atoms with E-state index in [4.69, 9.17) is 9.47 Å². The third-order valence-corrected chi connectivity index (χ3v) is 6.83. The van der Waals surface area contributed by atoms with E-state index < -0.39 is 0 Å². The molecule has 0 saturated carbocycles. The number of aromatic nitrogens is 2. The van der Waals surface area contributed by atoms with E-state index in [1.165, 1.54) is 7.11 Å². The van der Waals surface area contributed by atoms with E-state index in [1.807, 2.05) is 55.6 Å². The van der Waals surface area contributed by atoms with Gasteiger partial charge in [0.1, 0.15) is 11.1 Å². The maximum Gasteiger partial charge on any atom is 0.272 e. The van der Waals surface area contributed by atoms with Crippen LogP contribution < -0.4 is 25.7 Å². The van der Waals surface area contributed by atoms with Crippen molar-refractivity contribution in [2.75, 3.05) is 27.3 Å². The first-order valence-electron chi connectivity index (χ1n) is 11.9. The SMILES string of the molecule is COc1cccc(Cn2c(=O)c3c(OC)c(C(=O)NC4CCNCC4)n(C)c3c3ccccc32)c1. The summed E-state index contributed by atoms with van der Waals surface area (Å²) >= 11 is 0. The van der Waals surface area contributed by atoms with Gasteiger partial charge in [0.25, 0.3) is 11.5 Å². The molecular weight excluding hydrogens is 444 g/mol. The number of piperidine rings is 1. The Morgan fingerprint density at radius 3 is 2.60 bits per heavy atom. The van der Waals surface area contributed by atoms with Gasteiger partial charge in [-0.05, 0) is 49.7 Å². The Kier molecular flexibility index (Phi) is 6.21. The predicted molar refractivity (Wildman–Crippen MR) is 137 cm³/mol. The van der Waals surface area contributed by atoms with Gasteiger partial charge in [-0.25, -0.2) is 0 Å². The van der Waals surface area contributed by atoms with E-state index in [2.05, 4.69) is 10.6 Å². The zero-order valence-corrected chi connectivity index (χ0v) is 20.3. The summed E-state index contributed by atoms with van der Waals surface area (Å²) in [5.41, 5.74) is 2.59. The molecule has 5 rings (SSSR count). The Morgan fingerprint density at radius 2 is 1.86 bits per heavy atom. The number of benzene rings is 2. The van der Waals surface area contributed by atoms with Crippen molar-refractivity contribution in [3.05, 3.63) is 70.1 Å². The summed E-state index contributed by atoms with van der Waals surface area (Å²) in [6, 6.07) is 15.5. The summed E-state index contributed by atoms with van der Waals surface area (Å²) in [6.07, 6.45) is 1.74. The fraction of sp³-hybridized carbons (Fsp3) is 0.333. The molecule has 1 saturated heterocycles. The maximum absolute atomic E-state index is 14.0. The van der Waals surface area contributed by atoms with Crippen molar-refractivity contribution in [1.82, 2.24) is 19.8 Å². The fourth-order valence-electron chi connectivity index (χ4n) is 5.11. The molecule has 0 spiro atoms. The van der Waals surface area contributed by atoms with Crippen molar-refractivity contribution in [2.24, 2.45) is 7.05 Å². The molecule has 0 aliphatic carbocycles. The molecule has 2 aromatic heterocycles. The number of nitrogens with one attached hydrogen (secondary N) is 2. The van der Waals surface area contributed by atoms with E-state index >= 15 is 0 Å². The molecule has 1 amide bonds. The van der Waals surface area contributed by atoms with Gasteiger partial charge in [-0.2, -0.15) is 0 Å². The van der Waals surface area contributed by atoms with Gasteiger partial charge in [-0.1, -0.05) is 30.3 Å². The predicted octanol–water partition coefficient (Wildman–Crippen LogP) is 3.04. The number of fused-ring (bicyclic) bond motifs is 3. The van der Waals surface area contributed by atoms with Crippen LogP contribution in [0.3, 0.4) is 0 Å². The van der Waals surface area contributed by atoms with Crippen LogP contribution in [0.1, 0.15) is 28.9 Å². The largest absolute Gasteiger partial charge is 0.497 e. The minimum atomic E-state index is -0.227. The quantitative estimate of drug-likeness (QED) is 0.449. The van der Waals surface area contributed by atoms with E-state index in [0.717, 1.165) is 48.1 Å². The van der Waals surface area contributed by atoms with E-state index in [1.54, 1.807) is 16.2 Å². The highest BCUT2D eigenvalue weighted by Crippen LogP contribution is 2.35. The Hall–Kier alpha value is -3.78. The lowest BCUT2D eigenvalue weighted by molar-refractivity contribution is 0.0918. The second-order valence-corrected chi connectivity index (χ2v) is 8.92. The third-order valence-electron chi connectivity index (χ3n) is 6.83. The van der Waals surface area contributed by atoms with Crippen LogP contribution in [0, 0.1) is 0 Å². The number of nitrogens with zero attached hydrogens (tertiary/aromatic N) is 2. The van der Waals surface area contributed by atoms with Gasteiger partial charge in [0.2, 0.25) is 0 Å². The first-order chi connectivity index (χ1) is 17.0. The summed E-state index contributed by atoms with van der Waals surface area (Å²) in [5.74, 6) is 0.814. The van der Waals surface area contributed by atoms with Crippen molar-refractivity contribution < 1.29 is 14.3 Å². The lowest BCUT2D eigenvalue weighted by Gasteiger charge is -2.23. The number of methoxy groups -OCH3 is 2. The molecule has 8 nitrogen and oxygen atoms in total. The van der Waals surface area contributed by atoms with E-state index in [0.29, 0.717) is 28.9 Å². The smallest absolute Gasteiger partial charge is 0.272 e. The molecule has 0 atom stereocenters. The van der Waals surface area contributed by atoms with Crippen LogP contribution in [-0.2, 0) is 13.6 Å². The molecule has 1 fully saturated rings. The highest BCUT2D eigenvalue weighted by Gasteiger charge is 2.28. The van der Waals surface area contributed by atoms with Crippen LogP contribution in [-0.4, -0.2) is 48.4 Å². The summed E-state index contributed by atoms with van der Waals surface area (Å²) in [5, 5.41) is 7.75. The minimum absolute atomic E-state index is 0.0907. The number of hydrogen-bond donors (Lipinski definition) is 2. The normalized spacial score (nSPS) is 14.4. The number of carbonyl (C=O) groups excluding carboxylic acids is 1. The van der Waals surface area contributed by atoms with Crippen molar-refractivity contribution in [3.8, 4) is 11.5 Å². The standard InChI is InChI=1S/C27H30N4O4/c1-30-23-20-9-4-5-10-21(20)31(16-17-7-6-8-19(15-17)34-2)27(33)22(23)25(35-3)24(30)26(32)29-18-11-13-28-14-12-18/h4-10,15,18,28H,11-14,16H2,1-3H3,(H,29,32). The van der Waals surface area contributed by atoms with Gasteiger partial charge >= 0.3 is 0 Å². The van der Waals surface area contributed by atoms with Crippen LogP contribution in [0.2, 0.25) is 0 Å². The van der Waals surface area contributed by atoms with Gasteiger partial charge in [-0.15, -0.1) is 0 Å². The highest BCUT2D eigenvalue weighted by molar-refractivity contribution is 6.12. The average Bonchev–Trinajstić information content (AvgIpc) is 3.19. The van der Waals surface area contributed by atoms with Crippen molar-refractivity contribution in [1.29, 1.82) is 0 Å². The van der Waals surface area contributed by atoms with Crippen molar-refractivity contribution in [3.63, 3.8) is 0 Å². The van der Waals surface area contributed by atoms with E-state index in [-0.39, 0.29) is 17.5 Å². The molecule has 1 aliphatic heterocycles. The van der Waals surface area contributed by atoms with Crippen molar-refractivity contribution >= 4 is 27.7 Å². The Bertz CT molecular complexity index is 1460. The number of amides is 1. The number of para-hydroxylation sites is 1. The van der Waals surface area contributed by atoms with Crippen LogP contribution in [0.25, 0.3) is 21.8 Å². The maximum atomic E-state index is 14.0. The summed E-state index contributed by atoms with van der Waals surface area (Å²) in [6.45, 7) is 2.11. The molecule has 0 radical (unpaired) electrons. The van der Waals surface area contributed by atoms with Gasteiger partial charge in [-0.3, -0.25) is 9.59 Å². The molecule has 2 aromatic carbocycles. The van der Waals surface area contributed by atoms with E-state index in [9.17, 15) is 9.59 Å². The fourth-order valence-corrected chi connectivity index (χ4v) is 5.11. The molecule has 8 heteroatoms. The van der Waals surface area contributed by atoms with Gasteiger partial charge < -0.3 is 29.2 Å². The molecule has 3 heterocycles. The first kappa shape index (κ1) is 23.0. The molecule has 4 aromatic rings. The summed E-state index contributed by atoms with van der Waals surface area (Å²) < 4.78 is 14.6. The zero-order valence-electron chi connectivity index (χ0n) is 20.3. The zero-order chi connectivity index (χ0) is 24.5. The third kappa shape index (κ3) is 4.04. The molecular formula is C27H30N4O4. The molecule has 0 bridgehead atoms. The number of aryl methyl sites for hydroxylation is 1. The average molecular weight is 475 g/mol. The molecule has 2 N–H and O–H groups in total. The van der Waals surface area contributed by atoms with Crippen LogP contribution in [0.15, 0.2) is 53.3 Å². The van der Waals surface area contributed by atoms with Gasteiger partial charge in [0.05, 0.1) is 31.8 Å². The molecule has 0 unspecified atom stereocenters. The molecule has 35 heavy (non-hydrogen) atoms. The topological polar surface area (TPSA) is 86.5 Å². The lowest BCUT2D eigenvalue weighted by atomic mass is 10.1. The molecule has 182 valence electrons. The number of hydrogen-bond acceptors (Lipinski definition) is 5. The second kappa shape index (κ2) is 9.46. The number of carbonyl (C=O) groups is 1. The lowest BCUT2D eigenvalue weighted by Crippen LogP contribution is -2.43. The summed E-state index contributed by atoms with van der Waals surface area (Å²) in [4.78, 5) is 27.4. The monoisotopic (exact) mass is 474 g/mol. The van der Waals surface area contributed by atoms with Crippen LogP contribution in [0.5, 0.6) is 11.5 Å². The van der Waals surface area contributed by atoms with Crippen molar-refractivity contribution in [2.45, 2.75) is 25.4 Å². The Labute approximate surface area is 203 Å². The van der Waals surface area contributed by atoms with Gasteiger partial charge in [0, 0.05) is 18.5 Å². The number of pyridine rings is 1. The number of rotatable bonds is 6. The van der Waals surface area contributed by atoms with Crippen LogP contribution in [0.4, 0.5) is 0 Å².